The average Bonchev–Trinajstić information content (AvgIpc) is 3.14. The molecule has 3 aromatic rings. The molecule has 1 fully saturated rings. The van der Waals surface area contributed by atoms with Gasteiger partial charge >= 0.3 is 6.03 Å². The predicted molar refractivity (Wildman–Crippen MR) is 132 cm³/mol. The van der Waals surface area contributed by atoms with Crippen molar-refractivity contribution in [3.05, 3.63) is 89.5 Å². The van der Waals surface area contributed by atoms with Gasteiger partial charge in [0, 0.05) is 18.2 Å². The molecule has 0 aliphatic carbocycles. The predicted octanol–water partition coefficient (Wildman–Crippen LogP) is 3.34. The van der Waals surface area contributed by atoms with Crippen molar-refractivity contribution in [2.75, 3.05) is 26.1 Å². The highest BCUT2D eigenvalue weighted by Crippen LogP contribution is 2.37. The van der Waals surface area contributed by atoms with Gasteiger partial charge in [-0.05, 0) is 59.7 Å². The SMILES string of the molecule is COc1ccc(C2(c3ccc(OC)cc3)NC(=O)N(CC(=O)c3ccc(NC(C)=O)cc3)C2=O)cc1. The highest BCUT2D eigenvalue weighted by atomic mass is 16.5. The van der Waals surface area contributed by atoms with Gasteiger partial charge in [0.25, 0.3) is 5.91 Å². The molecule has 0 atom stereocenters. The summed E-state index contributed by atoms with van der Waals surface area (Å²) in [5, 5.41) is 5.44. The van der Waals surface area contributed by atoms with E-state index in [2.05, 4.69) is 10.6 Å². The minimum atomic E-state index is -1.54. The van der Waals surface area contributed by atoms with Crippen LogP contribution >= 0.6 is 0 Å². The third-order valence-corrected chi connectivity index (χ3v) is 5.98. The van der Waals surface area contributed by atoms with Crippen molar-refractivity contribution < 1.29 is 28.7 Å². The number of methoxy groups -OCH3 is 2. The highest BCUT2D eigenvalue weighted by molar-refractivity contribution is 6.13. The quantitative estimate of drug-likeness (QED) is 0.372. The van der Waals surface area contributed by atoms with E-state index < -0.39 is 29.8 Å². The van der Waals surface area contributed by atoms with Gasteiger partial charge in [-0.2, -0.15) is 0 Å². The first kappa shape index (κ1) is 24.5. The van der Waals surface area contributed by atoms with Gasteiger partial charge in [0.15, 0.2) is 11.3 Å². The van der Waals surface area contributed by atoms with Crippen LogP contribution in [0.1, 0.15) is 28.4 Å². The monoisotopic (exact) mass is 487 g/mol. The van der Waals surface area contributed by atoms with Gasteiger partial charge in [-0.3, -0.25) is 19.3 Å². The molecule has 0 saturated carbocycles. The molecular formula is C27H25N3O6. The van der Waals surface area contributed by atoms with Crippen molar-refractivity contribution in [1.29, 1.82) is 0 Å². The number of ether oxygens (including phenoxy) is 2. The Balaban J connectivity index is 1.67. The fourth-order valence-corrected chi connectivity index (χ4v) is 4.14. The molecule has 0 unspecified atom stereocenters. The zero-order valence-corrected chi connectivity index (χ0v) is 20.0. The Bertz CT molecular complexity index is 1250. The van der Waals surface area contributed by atoms with Crippen molar-refractivity contribution in [3.8, 4) is 11.5 Å². The number of carbonyl (C=O) groups is 4. The Morgan fingerprint density at radius 1 is 0.833 bits per heavy atom. The molecule has 0 radical (unpaired) electrons. The summed E-state index contributed by atoms with van der Waals surface area (Å²) < 4.78 is 10.5. The number of nitrogens with zero attached hydrogens (tertiary/aromatic N) is 1. The van der Waals surface area contributed by atoms with Crippen molar-refractivity contribution in [2.24, 2.45) is 0 Å². The second-order valence-electron chi connectivity index (χ2n) is 8.21. The van der Waals surface area contributed by atoms with E-state index in [9.17, 15) is 19.2 Å². The smallest absolute Gasteiger partial charge is 0.325 e. The average molecular weight is 488 g/mol. The lowest BCUT2D eigenvalue weighted by Crippen LogP contribution is -2.45. The van der Waals surface area contributed by atoms with Crippen molar-refractivity contribution in [2.45, 2.75) is 12.5 Å². The Morgan fingerprint density at radius 3 is 1.78 bits per heavy atom. The zero-order valence-electron chi connectivity index (χ0n) is 20.0. The molecular weight excluding hydrogens is 462 g/mol. The van der Waals surface area contributed by atoms with Crippen LogP contribution in [0.3, 0.4) is 0 Å². The number of carbonyl (C=O) groups excluding carboxylic acids is 4. The number of nitrogens with one attached hydrogen (secondary N) is 2. The molecule has 1 aliphatic rings. The van der Waals surface area contributed by atoms with Crippen LogP contribution in [0.15, 0.2) is 72.8 Å². The van der Waals surface area contributed by atoms with Crippen LogP contribution in [0.5, 0.6) is 11.5 Å². The number of benzene rings is 3. The number of ketones is 1. The lowest BCUT2D eigenvalue weighted by molar-refractivity contribution is -0.130. The van der Waals surface area contributed by atoms with E-state index in [1.165, 1.54) is 33.3 Å². The first-order chi connectivity index (χ1) is 17.3. The van der Waals surface area contributed by atoms with Crippen molar-refractivity contribution in [3.63, 3.8) is 0 Å². The molecule has 9 heteroatoms. The summed E-state index contributed by atoms with van der Waals surface area (Å²) in [5.74, 6) is -0.0497. The van der Waals surface area contributed by atoms with Crippen LogP contribution in [-0.4, -0.2) is 49.3 Å². The van der Waals surface area contributed by atoms with Crippen LogP contribution in [0.25, 0.3) is 0 Å². The maximum atomic E-state index is 13.9. The van der Waals surface area contributed by atoms with Gasteiger partial charge in [-0.25, -0.2) is 4.79 Å². The molecule has 0 aromatic heterocycles. The molecule has 36 heavy (non-hydrogen) atoms. The van der Waals surface area contributed by atoms with Gasteiger partial charge in [0.1, 0.15) is 11.5 Å². The molecule has 0 bridgehead atoms. The summed E-state index contributed by atoms with van der Waals surface area (Å²) in [7, 11) is 3.07. The van der Waals surface area contributed by atoms with Crippen LogP contribution in [0.4, 0.5) is 10.5 Å². The normalized spacial score (nSPS) is 14.2. The molecule has 4 rings (SSSR count). The number of anilines is 1. The number of hydrogen-bond acceptors (Lipinski definition) is 6. The number of amides is 4. The van der Waals surface area contributed by atoms with E-state index in [0.29, 0.717) is 33.9 Å². The summed E-state index contributed by atoms with van der Waals surface area (Å²) in [5.41, 5.74) is 0.330. The molecule has 3 aromatic carbocycles. The van der Waals surface area contributed by atoms with Gasteiger partial charge in [0.05, 0.1) is 20.8 Å². The minimum Gasteiger partial charge on any atom is -0.497 e. The minimum absolute atomic E-state index is 0.234. The molecule has 1 heterocycles. The largest absolute Gasteiger partial charge is 0.497 e. The first-order valence-corrected chi connectivity index (χ1v) is 11.1. The van der Waals surface area contributed by atoms with E-state index in [1.54, 1.807) is 60.7 Å². The fraction of sp³-hybridized carbons (Fsp3) is 0.185. The zero-order chi connectivity index (χ0) is 25.9. The Labute approximate surface area is 208 Å². The standard InChI is InChI=1S/C27H25N3O6/c1-17(31)28-21-10-4-18(5-11-21)24(32)16-30-25(33)27(29-26(30)34,19-6-12-22(35-2)13-7-19)20-8-14-23(36-3)15-9-20/h4-15H,16H2,1-3H3,(H,28,31)(H,29,34). The number of urea groups is 1. The lowest BCUT2D eigenvalue weighted by atomic mass is 9.82. The van der Waals surface area contributed by atoms with Crippen LogP contribution in [-0.2, 0) is 15.1 Å². The van der Waals surface area contributed by atoms with E-state index in [-0.39, 0.29) is 5.91 Å². The molecule has 2 N–H and O–H groups in total. The van der Waals surface area contributed by atoms with Crippen molar-refractivity contribution >= 4 is 29.3 Å². The maximum absolute atomic E-state index is 13.9. The van der Waals surface area contributed by atoms with Crippen LogP contribution in [0, 0.1) is 0 Å². The second kappa shape index (κ2) is 9.91. The maximum Gasteiger partial charge on any atom is 0.325 e. The number of hydrogen-bond donors (Lipinski definition) is 2. The fourth-order valence-electron chi connectivity index (χ4n) is 4.14. The molecule has 4 amide bonds. The topological polar surface area (TPSA) is 114 Å². The Morgan fingerprint density at radius 2 is 1.33 bits per heavy atom. The number of Topliss-reactive ketones (excluding diaryl/α,β-unsaturated/α-hetero) is 1. The summed E-state index contributed by atoms with van der Waals surface area (Å²) in [6.07, 6.45) is 0. The van der Waals surface area contributed by atoms with E-state index in [4.69, 9.17) is 9.47 Å². The number of rotatable bonds is 8. The first-order valence-electron chi connectivity index (χ1n) is 11.1. The lowest BCUT2D eigenvalue weighted by Gasteiger charge is -2.28. The molecule has 0 spiro atoms. The Kier molecular flexibility index (Phi) is 6.73. The molecule has 1 saturated heterocycles. The second-order valence-corrected chi connectivity index (χ2v) is 8.21. The third-order valence-electron chi connectivity index (χ3n) is 5.98. The summed E-state index contributed by atoms with van der Waals surface area (Å²) >= 11 is 0. The number of imide groups is 1. The van der Waals surface area contributed by atoms with Gasteiger partial charge < -0.3 is 20.1 Å². The third kappa shape index (κ3) is 4.50. The Hall–Kier alpha value is -4.66. The molecule has 184 valence electrons. The molecule has 1 aliphatic heterocycles. The van der Waals surface area contributed by atoms with E-state index in [1.807, 2.05) is 0 Å². The summed E-state index contributed by atoms with van der Waals surface area (Å²) in [6, 6.07) is 19.2. The van der Waals surface area contributed by atoms with Crippen LogP contribution < -0.4 is 20.1 Å². The van der Waals surface area contributed by atoms with Crippen LogP contribution in [0.2, 0.25) is 0 Å². The molecule has 9 nitrogen and oxygen atoms in total. The highest BCUT2D eigenvalue weighted by Gasteiger charge is 2.54. The summed E-state index contributed by atoms with van der Waals surface area (Å²) in [6.45, 7) is 0.937. The van der Waals surface area contributed by atoms with E-state index >= 15 is 0 Å². The van der Waals surface area contributed by atoms with Gasteiger partial charge in [-0.1, -0.05) is 24.3 Å². The van der Waals surface area contributed by atoms with Gasteiger partial charge in [0.2, 0.25) is 5.91 Å². The van der Waals surface area contributed by atoms with Gasteiger partial charge in [-0.15, -0.1) is 0 Å². The van der Waals surface area contributed by atoms with E-state index in [0.717, 1.165) is 4.90 Å². The van der Waals surface area contributed by atoms with Crippen molar-refractivity contribution in [1.82, 2.24) is 10.2 Å². The summed E-state index contributed by atoms with van der Waals surface area (Å²) in [4.78, 5) is 52.1.